The topological polar surface area (TPSA) is 109 Å². The molecule has 1 heterocycles. The first-order valence-electron chi connectivity index (χ1n) is 11.8. The molecule has 0 radical (unpaired) electrons. The minimum Gasteiger partial charge on any atom is -0.444 e. The smallest absolute Gasteiger partial charge is 0.410 e. The van der Waals surface area contributed by atoms with Gasteiger partial charge < -0.3 is 34.2 Å². The lowest BCUT2D eigenvalue weighted by Gasteiger charge is -2.35. The van der Waals surface area contributed by atoms with Crippen molar-refractivity contribution in [3.05, 3.63) is 0 Å². The van der Waals surface area contributed by atoms with Crippen molar-refractivity contribution in [1.82, 2.24) is 9.80 Å². The maximum Gasteiger partial charge on any atom is 0.410 e. The van der Waals surface area contributed by atoms with Crippen LogP contribution in [0.3, 0.4) is 0 Å². The average molecular weight is 477 g/mol. The molecular formula is C24H48N2O7. The van der Waals surface area contributed by atoms with Crippen LogP contribution in [-0.4, -0.2) is 95.0 Å². The van der Waals surface area contributed by atoms with Crippen molar-refractivity contribution in [3.63, 3.8) is 0 Å². The van der Waals surface area contributed by atoms with Gasteiger partial charge in [-0.3, -0.25) is 0 Å². The molecule has 1 aliphatic heterocycles. The van der Waals surface area contributed by atoms with Gasteiger partial charge in [-0.2, -0.15) is 0 Å². The van der Waals surface area contributed by atoms with Gasteiger partial charge in [0.2, 0.25) is 0 Å². The van der Waals surface area contributed by atoms with Gasteiger partial charge in [0.1, 0.15) is 11.2 Å². The first-order chi connectivity index (χ1) is 15.0. The first kappa shape index (κ1) is 31.4. The Balaban J connectivity index is 0.000000621. The summed E-state index contributed by atoms with van der Waals surface area (Å²) < 4.78 is 16.1. The number of ether oxygens (including phenoxy) is 3. The van der Waals surface area contributed by atoms with E-state index in [0.29, 0.717) is 25.6 Å². The van der Waals surface area contributed by atoms with Gasteiger partial charge in [-0.1, -0.05) is 27.7 Å². The van der Waals surface area contributed by atoms with Crippen molar-refractivity contribution in [1.29, 1.82) is 0 Å². The predicted octanol–water partition coefficient (Wildman–Crippen LogP) is 3.51. The monoisotopic (exact) mass is 476 g/mol. The van der Waals surface area contributed by atoms with Crippen molar-refractivity contribution in [2.75, 3.05) is 39.4 Å². The molecule has 2 N–H and O–H groups in total. The molecule has 1 rings (SSSR count). The number of aliphatic hydroxyl groups excluding tert-OH is 2. The number of nitrogens with zero attached hydrogens (tertiary/aromatic N) is 2. The number of hydrogen-bond acceptors (Lipinski definition) is 7. The van der Waals surface area contributed by atoms with E-state index in [9.17, 15) is 14.7 Å². The quantitative estimate of drug-likeness (QED) is 0.604. The van der Waals surface area contributed by atoms with E-state index in [1.165, 1.54) is 4.90 Å². The van der Waals surface area contributed by atoms with E-state index in [1.807, 2.05) is 34.6 Å². The second-order valence-electron chi connectivity index (χ2n) is 11.0. The highest BCUT2D eigenvalue weighted by atomic mass is 16.6. The Labute approximate surface area is 200 Å². The number of hydrogen-bond donors (Lipinski definition) is 2. The molecule has 0 aromatic rings. The Morgan fingerprint density at radius 1 is 1.06 bits per heavy atom. The molecule has 9 nitrogen and oxygen atoms in total. The molecule has 2 atom stereocenters. The zero-order valence-corrected chi connectivity index (χ0v) is 22.4. The number of amides is 2. The Morgan fingerprint density at radius 3 is 2.03 bits per heavy atom. The highest BCUT2D eigenvalue weighted by molar-refractivity contribution is 5.68. The van der Waals surface area contributed by atoms with Gasteiger partial charge in [0.05, 0.1) is 38.5 Å². The molecule has 196 valence electrons. The summed E-state index contributed by atoms with van der Waals surface area (Å²) in [5, 5.41) is 18.6. The number of rotatable bonds is 6. The van der Waals surface area contributed by atoms with Gasteiger partial charge in [-0.05, 0) is 53.4 Å². The summed E-state index contributed by atoms with van der Waals surface area (Å²) in [4.78, 5) is 26.7. The largest absolute Gasteiger partial charge is 0.444 e. The van der Waals surface area contributed by atoms with Crippen LogP contribution in [0.1, 0.15) is 69.2 Å². The van der Waals surface area contributed by atoms with Crippen LogP contribution in [-0.2, 0) is 14.2 Å². The molecule has 9 heteroatoms. The molecule has 0 spiro atoms. The summed E-state index contributed by atoms with van der Waals surface area (Å²) in [6.45, 7) is 21.0. The normalized spacial score (nSPS) is 17.9. The average Bonchev–Trinajstić information content (AvgIpc) is 2.65. The van der Waals surface area contributed by atoms with Crippen LogP contribution in [0.2, 0.25) is 0 Å². The summed E-state index contributed by atoms with van der Waals surface area (Å²) in [5.41, 5.74) is -1.00. The van der Waals surface area contributed by atoms with Crippen LogP contribution in [0.25, 0.3) is 0 Å². The van der Waals surface area contributed by atoms with E-state index < -0.39 is 23.4 Å². The van der Waals surface area contributed by atoms with E-state index in [0.717, 1.165) is 0 Å². The number of morpholine rings is 1. The van der Waals surface area contributed by atoms with Gasteiger partial charge in [-0.25, -0.2) is 9.59 Å². The Morgan fingerprint density at radius 2 is 1.61 bits per heavy atom. The van der Waals surface area contributed by atoms with E-state index in [-0.39, 0.29) is 37.8 Å². The number of aliphatic hydroxyl groups is 2. The van der Waals surface area contributed by atoms with E-state index in [2.05, 4.69) is 13.8 Å². The van der Waals surface area contributed by atoms with Gasteiger partial charge in [0, 0.05) is 13.1 Å². The fourth-order valence-electron chi connectivity index (χ4n) is 2.71. The second-order valence-corrected chi connectivity index (χ2v) is 11.0. The lowest BCUT2D eigenvalue weighted by Crippen LogP contribution is -2.48. The molecule has 0 aliphatic carbocycles. The number of carbonyl (C=O) groups is 2. The highest BCUT2D eigenvalue weighted by Crippen LogP contribution is 2.16. The van der Waals surface area contributed by atoms with E-state index >= 15 is 0 Å². The maximum absolute atomic E-state index is 11.8. The molecular weight excluding hydrogens is 428 g/mol. The van der Waals surface area contributed by atoms with E-state index in [1.54, 1.807) is 25.7 Å². The van der Waals surface area contributed by atoms with Crippen molar-refractivity contribution in [3.8, 4) is 0 Å². The van der Waals surface area contributed by atoms with Crippen LogP contribution in [0, 0.1) is 11.8 Å². The molecule has 0 saturated carbocycles. The van der Waals surface area contributed by atoms with E-state index in [4.69, 9.17) is 19.3 Å². The third kappa shape index (κ3) is 14.3. The molecule has 1 aliphatic rings. The molecule has 0 bridgehead atoms. The molecule has 0 aromatic heterocycles. The van der Waals surface area contributed by atoms with Crippen LogP contribution in [0.5, 0.6) is 0 Å². The SMILES string of the molecule is CC(C)C(O)CN(CCO)C(=O)OC(C)(C)C.CC(C)C1CN(C(=O)OC(C)(C)C)CCO1. The standard InChI is InChI=1S/C12H25NO4.C12H23NO3/c1-9(2)10(15)8-13(6-7-14)11(16)17-12(3,4)5;1-9(2)10-8-13(6-7-15-10)11(14)16-12(3,4)5/h9-10,14-15H,6-8H2,1-5H3;9-10H,6-8H2,1-5H3. The lowest BCUT2D eigenvalue weighted by atomic mass is 10.1. The summed E-state index contributed by atoms with van der Waals surface area (Å²) in [6, 6.07) is 0. The minimum atomic E-state index is -0.617. The van der Waals surface area contributed by atoms with Gasteiger partial charge >= 0.3 is 12.2 Å². The predicted molar refractivity (Wildman–Crippen MR) is 128 cm³/mol. The fraction of sp³-hybridized carbons (Fsp3) is 0.917. The summed E-state index contributed by atoms with van der Waals surface area (Å²) in [7, 11) is 0. The zero-order valence-electron chi connectivity index (χ0n) is 22.4. The second kappa shape index (κ2) is 14.0. The molecule has 0 aromatic carbocycles. The van der Waals surface area contributed by atoms with Crippen molar-refractivity contribution in [2.24, 2.45) is 11.8 Å². The molecule has 2 unspecified atom stereocenters. The highest BCUT2D eigenvalue weighted by Gasteiger charge is 2.29. The van der Waals surface area contributed by atoms with Crippen LogP contribution < -0.4 is 0 Å². The minimum absolute atomic E-state index is 0.0543. The number of carbonyl (C=O) groups excluding carboxylic acids is 2. The third-order valence-corrected chi connectivity index (χ3v) is 4.69. The van der Waals surface area contributed by atoms with Gasteiger partial charge in [0.15, 0.2) is 0 Å². The van der Waals surface area contributed by atoms with Crippen molar-refractivity contribution in [2.45, 2.75) is 92.6 Å². The van der Waals surface area contributed by atoms with Crippen LogP contribution in [0.4, 0.5) is 9.59 Å². The Bertz CT molecular complexity index is 582. The molecule has 2 amide bonds. The van der Waals surface area contributed by atoms with Gasteiger partial charge in [-0.15, -0.1) is 0 Å². The first-order valence-corrected chi connectivity index (χ1v) is 11.8. The molecule has 1 fully saturated rings. The zero-order chi connectivity index (χ0) is 26.0. The fourth-order valence-corrected chi connectivity index (χ4v) is 2.71. The summed E-state index contributed by atoms with van der Waals surface area (Å²) in [5.74, 6) is 0.476. The summed E-state index contributed by atoms with van der Waals surface area (Å²) >= 11 is 0. The summed E-state index contributed by atoms with van der Waals surface area (Å²) in [6.07, 6.45) is -1.23. The van der Waals surface area contributed by atoms with Crippen LogP contribution >= 0.6 is 0 Å². The lowest BCUT2D eigenvalue weighted by molar-refractivity contribution is -0.0578. The van der Waals surface area contributed by atoms with Crippen molar-refractivity contribution < 1.29 is 34.0 Å². The van der Waals surface area contributed by atoms with Crippen molar-refractivity contribution >= 4 is 12.2 Å². The van der Waals surface area contributed by atoms with Gasteiger partial charge in [0.25, 0.3) is 0 Å². The Hall–Kier alpha value is -1.58. The molecule has 1 saturated heterocycles. The third-order valence-electron chi connectivity index (χ3n) is 4.69. The molecule has 33 heavy (non-hydrogen) atoms. The Kier molecular flexibility index (Phi) is 13.3. The van der Waals surface area contributed by atoms with Crippen LogP contribution in [0.15, 0.2) is 0 Å². The maximum atomic E-state index is 11.8.